The third-order valence-electron chi connectivity index (χ3n) is 8.56. The summed E-state index contributed by atoms with van der Waals surface area (Å²) in [5.41, 5.74) is 1.05. The minimum atomic E-state index is -0.862. The first kappa shape index (κ1) is 27.2. The number of anilines is 1. The van der Waals surface area contributed by atoms with E-state index in [1.54, 1.807) is 17.2 Å². The maximum Gasteiger partial charge on any atom is 0.413 e. The van der Waals surface area contributed by atoms with Crippen LogP contribution in [0.25, 0.3) is 0 Å². The quantitative estimate of drug-likeness (QED) is 0.414. The van der Waals surface area contributed by atoms with Crippen LogP contribution in [0, 0.1) is 11.6 Å². The summed E-state index contributed by atoms with van der Waals surface area (Å²) in [6.07, 6.45) is 4.86. The van der Waals surface area contributed by atoms with E-state index in [-0.39, 0.29) is 17.4 Å². The fourth-order valence-electron chi connectivity index (χ4n) is 6.40. The van der Waals surface area contributed by atoms with Crippen molar-refractivity contribution in [3.8, 4) is 0 Å². The molecule has 2 N–H and O–H groups in total. The van der Waals surface area contributed by atoms with Gasteiger partial charge in [0.1, 0.15) is 17.2 Å². The molecule has 0 bridgehead atoms. The molecule has 6 rings (SSSR count). The van der Waals surface area contributed by atoms with E-state index in [1.807, 2.05) is 18.3 Å². The van der Waals surface area contributed by atoms with E-state index in [9.17, 15) is 18.4 Å². The van der Waals surface area contributed by atoms with Gasteiger partial charge < -0.3 is 19.5 Å². The SMILES string of the molecule is CC(C)(C)c1cnc2n1C[C@H](c1cccc(F)c1F)CC[C@H]2NC(=O)N1CCC2(CC1)OC(=O)Nc1ncccc12. The second kappa shape index (κ2) is 10.1. The number of rotatable bonds is 2. The lowest BCUT2D eigenvalue weighted by molar-refractivity contribution is -0.0308. The summed E-state index contributed by atoms with van der Waals surface area (Å²) in [4.78, 5) is 36.5. The Morgan fingerprint density at radius 3 is 2.66 bits per heavy atom. The molecule has 2 atom stereocenters. The van der Waals surface area contributed by atoms with E-state index in [1.165, 1.54) is 6.07 Å². The Morgan fingerprint density at radius 2 is 1.90 bits per heavy atom. The molecule has 216 valence electrons. The number of nitrogens with one attached hydrogen (secondary N) is 2. The average Bonchev–Trinajstić information content (AvgIpc) is 3.28. The van der Waals surface area contributed by atoms with Crippen LogP contribution in [0.15, 0.2) is 42.7 Å². The molecule has 3 aliphatic rings. The third-order valence-corrected chi connectivity index (χ3v) is 8.56. The first-order valence-electron chi connectivity index (χ1n) is 14.1. The molecule has 5 heterocycles. The van der Waals surface area contributed by atoms with Gasteiger partial charge in [-0.15, -0.1) is 0 Å². The highest BCUT2D eigenvalue weighted by molar-refractivity contribution is 5.87. The monoisotopic (exact) mass is 564 g/mol. The van der Waals surface area contributed by atoms with Crippen LogP contribution in [0.2, 0.25) is 0 Å². The van der Waals surface area contributed by atoms with E-state index in [0.29, 0.717) is 62.5 Å². The molecule has 0 saturated carbocycles. The van der Waals surface area contributed by atoms with Crippen LogP contribution in [0.3, 0.4) is 0 Å². The summed E-state index contributed by atoms with van der Waals surface area (Å²) in [5, 5.41) is 5.82. The van der Waals surface area contributed by atoms with Gasteiger partial charge in [-0.1, -0.05) is 32.9 Å². The fraction of sp³-hybridized carbons (Fsp3) is 0.467. The maximum atomic E-state index is 14.9. The Kier molecular flexibility index (Phi) is 6.70. The fourth-order valence-corrected chi connectivity index (χ4v) is 6.40. The Bertz CT molecular complexity index is 1490. The molecule has 1 aromatic carbocycles. The smallest absolute Gasteiger partial charge is 0.413 e. The number of urea groups is 1. The molecule has 0 radical (unpaired) electrons. The standard InChI is InChI=1S/C30H34F2N6O3/c1-29(2,3)23-16-34-26-22(10-9-18(17-38(23)26)19-6-4-8-21(31)24(19)32)35-27(39)37-14-11-30(12-15-37)20-7-5-13-33-25(20)36-28(40)41-30/h4-8,13,16,18,22H,9-12,14-15,17H2,1-3H3,(H,35,39)(H,33,36,40)/t18-,22-/m1/s1. The summed E-state index contributed by atoms with van der Waals surface area (Å²) in [7, 11) is 0. The van der Waals surface area contributed by atoms with Gasteiger partial charge in [0.15, 0.2) is 11.6 Å². The van der Waals surface area contributed by atoms with Crippen LogP contribution in [-0.2, 0) is 22.3 Å². The van der Waals surface area contributed by atoms with Crippen LogP contribution in [0.5, 0.6) is 0 Å². The molecule has 1 spiro atoms. The van der Waals surface area contributed by atoms with Gasteiger partial charge in [0.25, 0.3) is 0 Å². The van der Waals surface area contributed by atoms with Gasteiger partial charge in [-0.05, 0) is 36.6 Å². The summed E-state index contributed by atoms with van der Waals surface area (Å²) in [6.45, 7) is 7.46. The second-order valence-corrected chi connectivity index (χ2v) is 12.2. The van der Waals surface area contributed by atoms with Crippen molar-refractivity contribution in [3.05, 3.63) is 77.0 Å². The van der Waals surface area contributed by atoms with Crippen LogP contribution in [-0.4, -0.2) is 44.6 Å². The Balaban J connectivity index is 1.22. The van der Waals surface area contributed by atoms with Crippen molar-refractivity contribution in [2.24, 2.45) is 0 Å². The lowest BCUT2D eigenvalue weighted by Gasteiger charge is -2.43. The van der Waals surface area contributed by atoms with Gasteiger partial charge in [-0.25, -0.2) is 28.3 Å². The highest BCUT2D eigenvalue weighted by atomic mass is 19.2. The Morgan fingerprint density at radius 1 is 1.12 bits per heavy atom. The van der Waals surface area contributed by atoms with Crippen LogP contribution in [0.4, 0.5) is 24.2 Å². The van der Waals surface area contributed by atoms with Gasteiger partial charge in [0.2, 0.25) is 0 Å². The zero-order valence-electron chi connectivity index (χ0n) is 23.4. The molecule has 0 unspecified atom stereocenters. The normalized spacial score (nSPS) is 21.8. The number of benzene rings is 1. The summed E-state index contributed by atoms with van der Waals surface area (Å²) in [5.74, 6) is -0.759. The number of carbonyl (C=O) groups excluding carboxylic acids is 2. The molecule has 3 amide bonds. The molecule has 3 aliphatic heterocycles. The van der Waals surface area contributed by atoms with E-state index in [2.05, 4.69) is 41.0 Å². The van der Waals surface area contributed by atoms with Crippen molar-refractivity contribution in [1.29, 1.82) is 0 Å². The summed E-state index contributed by atoms with van der Waals surface area (Å²) < 4.78 is 36.8. The van der Waals surface area contributed by atoms with E-state index >= 15 is 0 Å². The molecular formula is C30H34F2N6O3. The Labute approximate surface area is 237 Å². The number of nitrogens with zero attached hydrogens (tertiary/aromatic N) is 4. The highest BCUT2D eigenvalue weighted by Gasteiger charge is 2.46. The van der Waals surface area contributed by atoms with Gasteiger partial charge in [0.05, 0.1) is 6.04 Å². The van der Waals surface area contributed by atoms with Crippen LogP contribution < -0.4 is 10.6 Å². The van der Waals surface area contributed by atoms with Crippen LogP contribution >= 0.6 is 0 Å². The summed E-state index contributed by atoms with van der Waals surface area (Å²) in [6, 6.07) is 7.37. The van der Waals surface area contributed by atoms with E-state index in [4.69, 9.17) is 9.72 Å². The molecule has 9 nitrogen and oxygen atoms in total. The van der Waals surface area contributed by atoms with Gasteiger partial charge >= 0.3 is 12.1 Å². The van der Waals surface area contributed by atoms with Gasteiger partial charge in [0, 0.05) is 67.5 Å². The number of amides is 3. The lowest BCUT2D eigenvalue weighted by atomic mass is 9.83. The predicted molar refractivity (Wildman–Crippen MR) is 147 cm³/mol. The molecule has 1 fully saturated rings. The minimum absolute atomic E-state index is 0.237. The number of piperidine rings is 1. The number of pyridine rings is 1. The number of hydrogen-bond acceptors (Lipinski definition) is 5. The van der Waals surface area contributed by atoms with E-state index in [0.717, 1.165) is 17.3 Å². The molecule has 3 aromatic rings. The topological polar surface area (TPSA) is 101 Å². The van der Waals surface area contributed by atoms with Gasteiger partial charge in [-0.2, -0.15) is 0 Å². The first-order chi connectivity index (χ1) is 19.6. The van der Waals surface area contributed by atoms with Crippen molar-refractivity contribution in [2.45, 2.75) is 76.0 Å². The summed E-state index contributed by atoms with van der Waals surface area (Å²) >= 11 is 0. The number of likely N-dealkylation sites (tertiary alicyclic amines) is 1. The maximum absolute atomic E-state index is 14.9. The molecule has 1 saturated heterocycles. The third kappa shape index (κ3) is 4.91. The van der Waals surface area contributed by atoms with E-state index < -0.39 is 29.4 Å². The van der Waals surface area contributed by atoms with Crippen LogP contribution in [0.1, 0.15) is 81.1 Å². The molecule has 2 aromatic heterocycles. The number of halogens is 2. The number of hydrogen-bond donors (Lipinski definition) is 2. The molecule has 0 aliphatic carbocycles. The largest absolute Gasteiger partial charge is 0.437 e. The zero-order chi connectivity index (χ0) is 28.9. The Hall–Kier alpha value is -4.02. The second-order valence-electron chi connectivity index (χ2n) is 12.2. The van der Waals surface area contributed by atoms with Gasteiger partial charge in [-0.3, -0.25) is 5.32 Å². The number of imidazole rings is 1. The van der Waals surface area contributed by atoms with Crippen molar-refractivity contribution in [2.75, 3.05) is 18.4 Å². The van der Waals surface area contributed by atoms with Crippen molar-refractivity contribution >= 4 is 17.9 Å². The molecular weight excluding hydrogens is 530 g/mol. The number of carbonyl (C=O) groups is 2. The average molecular weight is 565 g/mol. The molecule has 11 heteroatoms. The first-order valence-corrected chi connectivity index (χ1v) is 14.1. The number of aromatic nitrogens is 3. The van der Waals surface area contributed by atoms with Crippen molar-refractivity contribution in [1.82, 2.24) is 24.8 Å². The zero-order valence-corrected chi connectivity index (χ0v) is 23.4. The lowest BCUT2D eigenvalue weighted by Crippen LogP contribution is -2.52. The molecule has 41 heavy (non-hydrogen) atoms. The number of fused-ring (bicyclic) bond motifs is 3. The highest BCUT2D eigenvalue weighted by Crippen LogP contribution is 2.43. The predicted octanol–water partition coefficient (Wildman–Crippen LogP) is 5.74. The minimum Gasteiger partial charge on any atom is -0.437 e. The number of ether oxygens (including phenoxy) is 1. The van der Waals surface area contributed by atoms with Crippen molar-refractivity contribution < 1.29 is 23.1 Å². The van der Waals surface area contributed by atoms with Crippen molar-refractivity contribution in [3.63, 3.8) is 0 Å².